The lowest BCUT2D eigenvalue weighted by molar-refractivity contribution is -0.151. The minimum absolute atomic E-state index is 0.0598. The molecule has 5 N–H and O–H groups in total. The number of methoxy groups -OCH3 is 1. The SMILES string of the molecule is CCOC.CNCCC(c1ccc(-n2cc(-c3ccnc(N)c3N)cn2)nc1)C(F)(F)F. The number of rotatable bonds is 7. The fraction of sp³-hybridized carbons (Fsp3) is 0.381. The first-order valence-electron chi connectivity index (χ1n) is 9.94. The second kappa shape index (κ2) is 11.4. The van der Waals surface area contributed by atoms with Gasteiger partial charge in [0.2, 0.25) is 0 Å². The predicted octanol–water partition coefficient (Wildman–Crippen LogP) is 3.40. The van der Waals surface area contributed by atoms with Gasteiger partial charge in [-0.1, -0.05) is 6.07 Å². The average Bonchev–Trinajstić information content (AvgIpc) is 3.25. The smallest absolute Gasteiger partial charge is 0.395 e. The third-order valence-electron chi connectivity index (χ3n) is 4.69. The van der Waals surface area contributed by atoms with Gasteiger partial charge in [-0.3, -0.25) is 0 Å². The van der Waals surface area contributed by atoms with Crippen molar-refractivity contribution in [3.05, 3.63) is 48.5 Å². The lowest BCUT2D eigenvalue weighted by atomic mass is 9.96. The molecule has 0 aromatic carbocycles. The molecular formula is C21H28F3N7O. The highest BCUT2D eigenvalue weighted by atomic mass is 19.4. The third kappa shape index (κ3) is 6.41. The zero-order valence-electron chi connectivity index (χ0n) is 18.2. The number of anilines is 2. The summed E-state index contributed by atoms with van der Waals surface area (Å²) >= 11 is 0. The normalized spacial score (nSPS) is 12.2. The molecule has 174 valence electrons. The van der Waals surface area contributed by atoms with Crippen LogP contribution in [-0.2, 0) is 4.74 Å². The molecule has 1 atom stereocenters. The molecule has 3 aromatic heterocycles. The Balaban J connectivity index is 0.000000837. The van der Waals surface area contributed by atoms with Crippen molar-refractivity contribution in [2.24, 2.45) is 0 Å². The largest absolute Gasteiger partial charge is 0.395 e. The molecule has 3 aromatic rings. The van der Waals surface area contributed by atoms with Gasteiger partial charge in [-0.05, 0) is 44.6 Å². The van der Waals surface area contributed by atoms with Crippen LogP contribution in [0.4, 0.5) is 24.7 Å². The molecular weight excluding hydrogens is 423 g/mol. The minimum atomic E-state index is -4.34. The number of hydrogen-bond donors (Lipinski definition) is 3. The number of halogens is 3. The molecule has 0 radical (unpaired) electrons. The number of nitrogens with two attached hydrogens (primary N) is 2. The second-order valence-corrected chi connectivity index (χ2v) is 6.84. The zero-order chi connectivity index (χ0) is 23.7. The Kier molecular flexibility index (Phi) is 8.97. The Labute approximate surface area is 184 Å². The van der Waals surface area contributed by atoms with Crippen LogP contribution < -0.4 is 16.8 Å². The Morgan fingerprint density at radius 3 is 2.44 bits per heavy atom. The number of aromatic nitrogens is 4. The molecule has 0 aliphatic rings. The molecule has 3 rings (SSSR count). The van der Waals surface area contributed by atoms with Crippen LogP contribution in [0.1, 0.15) is 24.8 Å². The summed E-state index contributed by atoms with van der Waals surface area (Å²) in [6.07, 6.45) is 1.63. The van der Waals surface area contributed by atoms with E-state index >= 15 is 0 Å². The summed E-state index contributed by atoms with van der Waals surface area (Å²) in [6, 6.07) is 4.64. The van der Waals surface area contributed by atoms with E-state index in [9.17, 15) is 13.2 Å². The molecule has 8 nitrogen and oxygen atoms in total. The highest BCUT2D eigenvalue weighted by Crippen LogP contribution is 2.37. The van der Waals surface area contributed by atoms with E-state index in [4.69, 9.17) is 11.5 Å². The molecule has 0 saturated carbocycles. The van der Waals surface area contributed by atoms with E-state index in [0.717, 1.165) is 6.61 Å². The number of nitrogen functional groups attached to an aromatic ring is 2. The summed E-state index contributed by atoms with van der Waals surface area (Å²) in [6.45, 7) is 3.03. The maximum Gasteiger partial charge on any atom is 0.395 e. The van der Waals surface area contributed by atoms with Crippen LogP contribution in [-0.4, -0.2) is 53.2 Å². The van der Waals surface area contributed by atoms with Crippen LogP contribution in [0.5, 0.6) is 0 Å². The van der Waals surface area contributed by atoms with Crippen molar-refractivity contribution >= 4 is 11.5 Å². The summed E-state index contributed by atoms with van der Waals surface area (Å²) in [4.78, 5) is 8.06. The molecule has 0 bridgehead atoms. The fourth-order valence-corrected chi connectivity index (χ4v) is 2.88. The lowest BCUT2D eigenvalue weighted by Crippen LogP contribution is -2.24. The highest BCUT2D eigenvalue weighted by Gasteiger charge is 2.40. The van der Waals surface area contributed by atoms with Gasteiger partial charge in [0, 0.05) is 43.4 Å². The molecule has 32 heavy (non-hydrogen) atoms. The van der Waals surface area contributed by atoms with Gasteiger partial charge < -0.3 is 21.5 Å². The van der Waals surface area contributed by atoms with Gasteiger partial charge in [0.05, 0.1) is 17.8 Å². The van der Waals surface area contributed by atoms with Crippen molar-refractivity contribution in [2.45, 2.75) is 25.4 Å². The molecule has 0 saturated heterocycles. The van der Waals surface area contributed by atoms with Crippen LogP contribution in [0.15, 0.2) is 43.0 Å². The summed E-state index contributed by atoms with van der Waals surface area (Å²) in [5, 5.41) is 6.96. The predicted molar refractivity (Wildman–Crippen MR) is 118 cm³/mol. The van der Waals surface area contributed by atoms with Crippen LogP contribution in [0, 0.1) is 0 Å². The van der Waals surface area contributed by atoms with E-state index in [2.05, 4.69) is 25.1 Å². The standard InChI is InChI=1S/C18H20F3N7.C3H8O/c1-24-6-5-14(18(19,20)21)11-2-3-15(26-8-11)28-10-12(9-27-28)13-4-7-25-17(23)16(13)22;1-3-4-2/h2-4,7-10,14,24H,5-6,22H2,1H3,(H2,23,25);3H2,1-2H3. The average molecular weight is 451 g/mol. The number of pyridine rings is 2. The van der Waals surface area contributed by atoms with Gasteiger partial charge in [0.1, 0.15) is 5.82 Å². The number of ether oxygens (including phenoxy) is 1. The van der Waals surface area contributed by atoms with E-state index in [-0.39, 0.29) is 24.3 Å². The van der Waals surface area contributed by atoms with E-state index in [0.29, 0.717) is 22.6 Å². The van der Waals surface area contributed by atoms with Gasteiger partial charge in [0.25, 0.3) is 0 Å². The molecule has 3 heterocycles. The van der Waals surface area contributed by atoms with E-state index in [1.165, 1.54) is 29.2 Å². The molecule has 1 unspecified atom stereocenters. The maximum absolute atomic E-state index is 13.3. The molecule has 0 amide bonds. The number of nitrogens with one attached hydrogen (secondary N) is 1. The van der Waals surface area contributed by atoms with Crippen LogP contribution >= 0.6 is 0 Å². The quantitative estimate of drug-likeness (QED) is 0.504. The Hall–Kier alpha value is -3.18. The van der Waals surface area contributed by atoms with Gasteiger partial charge >= 0.3 is 6.18 Å². The summed E-state index contributed by atoms with van der Waals surface area (Å²) in [5.41, 5.74) is 13.5. The van der Waals surface area contributed by atoms with E-state index in [1.807, 2.05) is 6.92 Å². The summed E-state index contributed by atoms with van der Waals surface area (Å²) < 4.78 is 45.9. The fourth-order valence-electron chi connectivity index (χ4n) is 2.88. The van der Waals surface area contributed by atoms with Crippen LogP contribution in [0.25, 0.3) is 16.9 Å². The lowest BCUT2D eigenvalue weighted by Gasteiger charge is -2.20. The monoisotopic (exact) mass is 451 g/mol. The Morgan fingerprint density at radius 1 is 1.16 bits per heavy atom. The van der Waals surface area contributed by atoms with Gasteiger partial charge in [-0.25, -0.2) is 14.6 Å². The van der Waals surface area contributed by atoms with Crippen molar-refractivity contribution in [2.75, 3.05) is 38.8 Å². The van der Waals surface area contributed by atoms with Gasteiger partial charge in [-0.15, -0.1) is 0 Å². The first-order valence-corrected chi connectivity index (χ1v) is 9.94. The van der Waals surface area contributed by atoms with Crippen molar-refractivity contribution < 1.29 is 17.9 Å². The molecule has 0 spiro atoms. The van der Waals surface area contributed by atoms with Crippen molar-refractivity contribution in [3.63, 3.8) is 0 Å². The molecule has 11 heteroatoms. The molecule has 0 fully saturated rings. The van der Waals surface area contributed by atoms with E-state index in [1.54, 1.807) is 32.6 Å². The molecule has 0 aliphatic carbocycles. The zero-order valence-corrected chi connectivity index (χ0v) is 18.2. The maximum atomic E-state index is 13.3. The number of alkyl halides is 3. The first-order chi connectivity index (χ1) is 15.2. The highest BCUT2D eigenvalue weighted by molar-refractivity contribution is 5.81. The van der Waals surface area contributed by atoms with Gasteiger partial charge in [-0.2, -0.15) is 18.3 Å². The van der Waals surface area contributed by atoms with Gasteiger partial charge in [0.15, 0.2) is 5.82 Å². The van der Waals surface area contributed by atoms with Crippen molar-refractivity contribution in [1.82, 2.24) is 25.1 Å². The Morgan fingerprint density at radius 2 is 1.88 bits per heavy atom. The molecule has 0 aliphatic heterocycles. The minimum Gasteiger partial charge on any atom is -0.395 e. The van der Waals surface area contributed by atoms with Crippen molar-refractivity contribution in [1.29, 1.82) is 0 Å². The summed E-state index contributed by atoms with van der Waals surface area (Å²) in [7, 11) is 3.30. The Bertz CT molecular complexity index is 972. The van der Waals surface area contributed by atoms with Crippen molar-refractivity contribution in [3.8, 4) is 16.9 Å². The topological polar surface area (TPSA) is 117 Å². The summed E-state index contributed by atoms with van der Waals surface area (Å²) in [5.74, 6) is -0.966. The third-order valence-corrected chi connectivity index (χ3v) is 4.69. The number of hydrogen-bond acceptors (Lipinski definition) is 7. The second-order valence-electron chi connectivity index (χ2n) is 6.84. The first kappa shape index (κ1) is 25.1. The van der Waals surface area contributed by atoms with Crippen LogP contribution in [0.2, 0.25) is 0 Å². The van der Waals surface area contributed by atoms with Crippen LogP contribution in [0.3, 0.4) is 0 Å². The number of nitrogens with zero attached hydrogens (tertiary/aromatic N) is 4. The van der Waals surface area contributed by atoms with E-state index < -0.39 is 12.1 Å².